The van der Waals surface area contributed by atoms with Crippen LogP contribution in [0.3, 0.4) is 0 Å². The lowest BCUT2D eigenvalue weighted by Gasteiger charge is -2.48. The van der Waals surface area contributed by atoms with Gasteiger partial charge in [-0.2, -0.15) is 0 Å². The largest absolute Gasteiger partial charge is 0.376 e. The molecular formula is C22H46N2O. The Labute approximate surface area is 158 Å². The first-order chi connectivity index (χ1) is 11.7. The fraction of sp³-hybridized carbons (Fsp3) is 1.00. The van der Waals surface area contributed by atoms with E-state index in [-0.39, 0.29) is 0 Å². The van der Waals surface area contributed by atoms with Crippen molar-refractivity contribution in [3.05, 3.63) is 0 Å². The highest BCUT2D eigenvalue weighted by Gasteiger charge is 2.33. The molecule has 0 bridgehead atoms. The number of piperazine rings is 1. The van der Waals surface area contributed by atoms with Gasteiger partial charge in [0.05, 0.1) is 12.2 Å². The van der Waals surface area contributed by atoms with E-state index in [4.69, 9.17) is 4.74 Å². The standard InChI is InChI=1S/C12H26N2.C10H20O/c1-6-7-14-9-8-13(11(2)3)10-12(14,4)5;1-8(2)11-10-6-4-9(3)5-7-10/h11H,6-10H2,1-5H3;8-10H,4-7H2,1-3H3. The van der Waals surface area contributed by atoms with Crippen molar-refractivity contribution in [2.75, 3.05) is 26.2 Å². The van der Waals surface area contributed by atoms with Crippen molar-refractivity contribution in [3.63, 3.8) is 0 Å². The second-order valence-corrected chi connectivity index (χ2v) is 9.43. The van der Waals surface area contributed by atoms with Crippen molar-refractivity contribution in [2.24, 2.45) is 5.92 Å². The second kappa shape index (κ2) is 10.9. The van der Waals surface area contributed by atoms with Crippen LogP contribution in [0, 0.1) is 5.92 Å². The molecule has 3 nitrogen and oxygen atoms in total. The zero-order chi connectivity index (χ0) is 19.0. The fourth-order valence-corrected chi connectivity index (χ4v) is 4.10. The minimum Gasteiger partial charge on any atom is -0.376 e. The third-order valence-corrected chi connectivity index (χ3v) is 5.75. The van der Waals surface area contributed by atoms with E-state index in [9.17, 15) is 0 Å². The van der Waals surface area contributed by atoms with Crippen LogP contribution in [0.4, 0.5) is 0 Å². The summed E-state index contributed by atoms with van der Waals surface area (Å²) in [7, 11) is 0. The van der Waals surface area contributed by atoms with Gasteiger partial charge < -0.3 is 4.74 Å². The summed E-state index contributed by atoms with van der Waals surface area (Å²) in [6, 6.07) is 0.693. The van der Waals surface area contributed by atoms with Gasteiger partial charge in [-0.15, -0.1) is 0 Å². The molecule has 1 aliphatic heterocycles. The van der Waals surface area contributed by atoms with E-state index >= 15 is 0 Å². The van der Waals surface area contributed by atoms with Crippen molar-refractivity contribution in [1.29, 1.82) is 0 Å². The number of nitrogens with zero attached hydrogens (tertiary/aromatic N) is 2. The number of hydrogen-bond acceptors (Lipinski definition) is 3. The Bertz CT molecular complexity index is 346. The molecule has 1 saturated carbocycles. The van der Waals surface area contributed by atoms with E-state index in [0.717, 1.165) is 5.92 Å². The summed E-state index contributed by atoms with van der Waals surface area (Å²) in [4.78, 5) is 5.22. The molecule has 2 aliphatic rings. The molecule has 0 aromatic heterocycles. The van der Waals surface area contributed by atoms with Gasteiger partial charge in [-0.25, -0.2) is 0 Å². The van der Waals surface area contributed by atoms with Gasteiger partial charge in [0.1, 0.15) is 0 Å². The predicted octanol–water partition coefficient (Wildman–Crippen LogP) is 5.19. The first-order valence-electron chi connectivity index (χ1n) is 10.8. The first-order valence-corrected chi connectivity index (χ1v) is 10.8. The summed E-state index contributed by atoms with van der Waals surface area (Å²) in [5.74, 6) is 0.932. The molecule has 2 fully saturated rings. The average molecular weight is 355 g/mol. The van der Waals surface area contributed by atoms with Gasteiger partial charge in [0.2, 0.25) is 0 Å². The summed E-state index contributed by atoms with van der Waals surface area (Å²) in [5.41, 5.74) is 0.360. The molecule has 0 amide bonds. The smallest absolute Gasteiger partial charge is 0.0578 e. The Morgan fingerprint density at radius 1 is 1.00 bits per heavy atom. The lowest BCUT2D eigenvalue weighted by atomic mass is 9.89. The van der Waals surface area contributed by atoms with Gasteiger partial charge in [-0.1, -0.05) is 13.8 Å². The fourth-order valence-electron chi connectivity index (χ4n) is 4.10. The molecule has 0 radical (unpaired) electrons. The van der Waals surface area contributed by atoms with Gasteiger partial charge in [0, 0.05) is 31.2 Å². The molecule has 1 saturated heterocycles. The van der Waals surface area contributed by atoms with Crippen LogP contribution in [0.2, 0.25) is 0 Å². The third-order valence-electron chi connectivity index (χ3n) is 5.75. The van der Waals surface area contributed by atoms with Crippen LogP contribution in [-0.4, -0.2) is 59.8 Å². The van der Waals surface area contributed by atoms with Crippen molar-refractivity contribution in [3.8, 4) is 0 Å². The van der Waals surface area contributed by atoms with Crippen molar-refractivity contribution >= 4 is 0 Å². The molecule has 150 valence electrons. The predicted molar refractivity (Wildman–Crippen MR) is 110 cm³/mol. The summed E-state index contributed by atoms with van der Waals surface area (Å²) < 4.78 is 5.74. The minimum absolute atomic E-state index is 0.360. The van der Waals surface area contributed by atoms with E-state index in [0.29, 0.717) is 23.8 Å². The highest BCUT2D eigenvalue weighted by molar-refractivity contribution is 4.90. The zero-order valence-electron chi connectivity index (χ0n) is 18.5. The molecule has 0 aromatic rings. The van der Waals surface area contributed by atoms with Crippen LogP contribution >= 0.6 is 0 Å². The lowest BCUT2D eigenvalue weighted by Crippen LogP contribution is -2.60. The first kappa shape index (κ1) is 22.9. The Balaban J connectivity index is 0.000000257. The quantitative estimate of drug-likeness (QED) is 0.675. The van der Waals surface area contributed by atoms with Crippen LogP contribution < -0.4 is 0 Å². The molecule has 0 N–H and O–H groups in total. The molecule has 0 atom stereocenters. The Hall–Kier alpha value is -0.120. The lowest BCUT2D eigenvalue weighted by molar-refractivity contribution is -0.0183. The molecule has 0 unspecified atom stereocenters. The molecule has 1 aliphatic carbocycles. The summed E-state index contributed by atoms with van der Waals surface area (Å²) >= 11 is 0. The number of hydrogen-bond donors (Lipinski definition) is 0. The molecule has 1 heterocycles. The summed E-state index contributed by atoms with van der Waals surface area (Å²) in [6.07, 6.45) is 7.51. The van der Waals surface area contributed by atoms with E-state index < -0.39 is 0 Å². The number of rotatable bonds is 5. The monoisotopic (exact) mass is 354 g/mol. The van der Waals surface area contributed by atoms with Gasteiger partial charge in [0.25, 0.3) is 0 Å². The van der Waals surface area contributed by atoms with Crippen LogP contribution in [0.25, 0.3) is 0 Å². The topological polar surface area (TPSA) is 15.7 Å². The highest BCUT2D eigenvalue weighted by atomic mass is 16.5. The minimum atomic E-state index is 0.360. The Morgan fingerprint density at radius 3 is 2.04 bits per heavy atom. The molecule has 2 rings (SSSR count). The van der Waals surface area contributed by atoms with Gasteiger partial charge in [0.15, 0.2) is 0 Å². The molecular weight excluding hydrogens is 308 g/mol. The summed E-state index contributed by atoms with van der Waals surface area (Å²) in [5, 5.41) is 0. The van der Waals surface area contributed by atoms with Crippen molar-refractivity contribution < 1.29 is 4.74 Å². The molecule has 0 aromatic carbocycles. The van der Waals surface area contributed by atoms with Crippen LogP contribution in [-0.2, 0) is 4.74 Å². The summed E-state index contributed by atoms with van der Waals surface area (Å²) in [6.45, 7) is 23.1. The number of ether oxygens (including phenoxy) is 1. The van der Waals surface area contributed by atoms with Crippen LogP contribution in [0.5, 0.6) is 0 Å². The Kier molecular flexibility index (Phi) is 9.98. The Morgan fingerprint density at radius 2 is 1.60 bits per heavy atom. The van der Waals surface area contributed by atoms with Gasteiger partial charge >= 0.3 is 0 Å². The van der Waals surface area contributed by atoms with Gasteiger partial charge in [-0.3, -0.25) is 9.80 Å². The van der Waals surface area contributed by atoms with E-state index in [2.05, 4.69) is 65.2 Å². The van der Waals surface area contributed by atoms with E-state index in [1.54, 1.807) is 0 Å². The molecule has 25 heavy (non-hydrogen) atoms. The maximum absolute atomic E-state index is 5.74. The zero-order valence-corrected chi connectivity index (χ0v) is 18.5. The normalized spacial score (nSPS) is 28.1. The third kappa shape index (κ3) is 8.41. The van der Waals surface area contributed by atoms with Gasteiger partial charge in [-0.05, 0) is 86.1 Å². The van der Waals surface area contributed by atoms with Crippen LogP contribution in [0.15, 0.2) is 0 Å². The van der Waals surface area contributed by atoms with Crippen molar-refractivity contribution in [1.82, 2.24) is 9.80 Å². The second-order valence-electron chi connectivity index (χ2n) is 9.43. The maximum atomic E-state index is 5.74. The van der Waals surface area contributed by atoms with Crippen molar-refractivity contribution in [2.45, 2.75) is 111 Å². The van der Waals surface area contributed by atoms with Crippen LogP contribution in [0.1, 0.15) is 87.5 Å². The van der Waals surface area contributed by atoms with E-state index in [1.165, 1.54) is 58.3 Å². The molecule has 0 spiro atoms. The maximum Gasteiger partial charge on any atom is 0.0578 e. The SMILES string of the molecule is CC1CCC(OC(C)C)CC1.CCCN1CCN(C(C)C)CC1(C)C. The highest BCUT2D eigenvalue weighted by Crippen LogP contribution is 2.26. The average Bonchev–Trinajstić information content (AvgIpc) is 2.51. The van der Waals surface area contributed by atoms with E-state index in [1.807, 2.05) is 0 Å². The molecule has 3 heteroatoms.